The average molecular weight is 422 g/mol. The first-order valence-corrected chi connectivity index (χ1v) is 10.4. The molecule has 0 bridgehead atoms. The molecule has 2 saturated carbocycles. The molecule has 0 aliphatic heterocycles. The average Bonchev–Trinajstić information content (AvgIpc) is 3.41. The van der Waals surface area contributed by atoms with Gasteiger partial charge in [-0.05, 0) is 72.9 Å². The first kappa shape index (κ1) is 20.3. The SMILES string of the molecule is O=C(Nc1cc(CC2CC2)ccc1F)C(c1ccc(Cl)cc1)C1CCC(F)(F)C1. The van der Waals surface area contributed by atoms with Crippen LogP contribution in [0.15, 0.2) is 42.5 Å². The molecule has 1 N–H and O–H groups in total. The second-order valence-electron chi connectivity index (χ2n) is 8.34. The third-order valence-corrected chi connectivity index (χ3v) is 6.19. The van der Waals surface area contributed by atoms with Crippen molar-refractivity contribution in [1.82, 2.24) is 0 Å². The molecule has 29 heavy (non-hydrogen) atoms. The quantitative estimate of drug-likeness (QED) is 0.560. The first-order chi connectivity index (χ1) is 13.8. The maximum Gasteiger partial charge on any atom is 0.248 e. The standard InChI is InChI=1S/C23H23ClF3NO/c24-18-6-4-16(5-7-18)21(17-9-10-23(26,27)13-17)22(29)28-20-12-15(3-8-19(20)25)11-14-1-2-14/h3-8,12,14,17,21H,1-2,9-11,13H2,(H,28,29). The third-order valence-electron chi connectivity index (χ3n) is 5.93. The van der Waals surface area contributed by atoms with Gasteiger partial charge < -0.3 is 5.32 Å². The normalized spacial score (nSPS) is 21.7. The number of hydrogen-bond acceptors (Lipinski definition) is 1. The molecule has 0 heterocycles. The lowest BCUT2D eigenvalue weighted by Crippen LogP contribution is -2.28. The number of carbonyl (C=O) groups is 1. The minimum Gasteiger partial charge on any atom is -0.323 e. The highest BCUT2D eigenvalue weighted by atomic mass is 35.5. The van der Waals surface area contributed by atoms with E-state index < -0.39 is 29.5 Å². The lowest BCUT2D eigenvalue weighted by atomic mass is 9.84. The van der Waals surface area contributed by atoms with E-state index in [4.69, 9.17) is 11.6 Å². The Morgan fingerprint density at radius 1 is 1.14 bits per heavy atom. The Hall–Kier alpha value is -2.01. The molecule has 0 aromatic heterocycles. The molecule has 2 nitrogen and oxygen atoms in total. The number of carbonyl (C=O) groups excluding carboxylic acids is 1. The summed E-state index contributed by atoms with van der Waals surface area (Å²) in [5.74, 6) is -4.42. The summed E-state index contributed by atoms with van der Waals surface area (Å²) < 4.78 is 42.1. The number of hydrogen-bond donors (Lipinski definition) is 1. The fourth-order valence-electron chi connectivity index (χ4n) is 4.24. The topological polar surface area (TPSA) is 29.1 Å². The molecule has 0 spiro atoms. The largest absolute Gasteiger partial charge is 0.323 e. The van der Waals surface area contributed by atoms with Gasteiger partial charge in [-0.1, -0.05) is 29.8 Å². The Morgan fingerprint density at radius 3 is 2.48 bits per heavy atom. The minimum atomic E-state index is -2.77. The van der Waals surface area contributed by atoms with Crippen LogP contribution in [0.1, 0.15) is 49.1 Å². The van der Waals surface area contributed by atoms with Crippen LogP contribution in [0, 0.1) is 17.7 Å². The third kappa shape index (κ3) is 4.95. The molecule has 4 rings (SSSR count). The van der Waals surface area contributed by atoms with Crippen molar-refractivity contribution >= 4 is 23.2 Å². The highest BCUT2D eigenvalue weighted by molar-refractivity contribution is 6.30. The summed E-state index contributed by atoms with van der Waals surface area (Å²) in [6, 6.07) is 11.4. The monoisotopic (exact) mass is 421 g/mol. The van der Waals surface area contributed by atoms with Gasteiger partial charge >= 0.3 is 0 Å². The van der Waals surface area contributed by atoms with Gasteiger partial charge in [-0.3, -0.25) is 4.79 Å². The van der Waals surface area contributed by atoms with E-state index >= 15 is 0 Å². The maximum atomic E-state index is 14.3. The van der Waals surface area contributed by atoms with Crippen molar-refractivity contribution < 1.29 is 18.0 Å². The van der Waals surface area contributed by atoms with Crippen LogP contribution in [0.4, 0.5) is 18.9 Å². The highest BCUT2D eigenvalue weighted by Crippen LogP contribution is 2.46. The van der Waals surface area contributed by atoms with Crippen molar-refractivity contribution in [3.05, 3.63) is 64.4 Å². The van der Waals surface area contributed by atoms with E-state index in [0.717, 1.165) is 12.0 Å². The van der Waals surface area contributed by atoms with Gasteiger partial charge in [0, 0.05) is 17.9 Å². The number of amides is 1. The van der Waals surface area contributed by atoms with Crippen molar-refractivity contribution in [2.75, 3.05) is 5.32 Å². The summed E-state index contributed by atoms with van der Waals surface area (Å²) in [6.07, 6.45) is 2.87. The molecule has 2 aromatic rings. The zero-order valence-electron chi connectivity index (χ0n) is 15.9. The molecular formula is C23H23ClF3NO. The van der Waals surface area contributed by atoms with Crippen molar-refractivity contribution in [1.29, 1.82) is 0 Å². The Labute approximate surface area is 173 Å². The van der Waals surface area contributed by atoms with Crippen LogP contribution in [0.3, 0.4) is 0 Å². The van der Waals surface area contributed by atoms with Gasteiger partial charge in [-0.2, -0.15) is 0 Å². The Bertz CT molecular complexity index is 895. The second-order valence-corrected chi connectivity index (χ2v) is 8.78. The van der Waals surface area contributed by atoms with Crippen molar-refractivity contribution in [2.45, 2.75) is 50.4 Å². The van der Waals surface area contributed by atoms with Crippen LogP contribution >= 0.6 is 11.6 Å². The van der Waals surface area contributed by atoms with E-state index in [-0.39, 0.29) is 24.9 Å². The molecule has 0 radical (unpaired) electrons. The number of rotatable bonds is 6. The van der Waals surface area contributed by atoms with Gasteiger partial charge in [0.1, 0.15) is 5.82 Å². The molecule has 0 saturated heterocycles. The molecule has 1 amide bonds. The highest BCUT2D eigenvalue weighted by Gasteiger charge is 2.45. The first-order valence-electron chi connectivity index (χ1n) is 10.0. The van der Waals surface area contributed by atoms with E-state index in [1.54, 1.807) is 36.4 Å². The van der Waals surface area contributed by atoms with E-state index in [1.165, 1.54) is 18.9 Å². The second kappa shape index (κ2) is 8.02. The van der Waals surface area contributed by atoms with Crippen LogP contribution < -0.4 is 5.32 Å². The predicted octanol–water partition coefficient (Wildman–Crippen LogP) is 6.59. The molecule has 2 aliphatic carbocycles. The van der Waals surface area contributed by atoms with Crippen LogP contribution in [0.25, 0.3) is 0 Å². The fourth-order valence-corrected chi connectivity index (χ4v) is 4.36. The van der Waals surface area contributed by atoms with Gasteiger partial charge in [0.15, 0.2) is 0 Å². The Kier molecular flexibility index (Phi) is 5.60. The lowest BCUT2D eigenvalue weighted by Gasteiger charge is -2.24. The summed E-state index contributed by atoms with van der Waals surface area (Å²) in [4.78, 5) is 13.1. The van der Waals surface area contributed by atoms with E-state index in [9.17, 15) is 18.0 Å². The minimum absolute atomic E-state index is 0.108. The molecule has 6 heteroatoms. The van der Waals surface area contributed by atoms with Crippen molar-refractivity contribution in [2.24, 2.45) is 11.8 Å². The number of benzene rings is 2. The van der Waals surface area contributed by atoms with Crippen molar-refractivity contribution in [3.63, 3.8) is 0 Å². The van der Waals surface area contributed by atoms with Gasteiger partial charge in [-0.15, -0.1) is 0 Å². The van der Waals surface area contributed by atoms with Gasteiger partial charge in [-0.25, -0.2) is 13.2 Å². The molecule has 2 fully saturated rings. The van der Waals surface area contributed by atoms with Gasteiger partial charge in [0.2, 0.25) is 11.8 Å². The zero-order chi connectivity index (χ0) is 20.6. The number of halogens is 4. The summed E-state index contributed by atoms with van der Waals surface area (Å²) >= 11 is 5.95. The summed E-state index contributed by atoms with van der Waals surface area (Å²) in [5, 5.41) is 3.17. The van der Waals surface area contributed by atoms with E-state index in [0.29, 0.717) is 16.5 Å². The van der Waals surface area contributed by atoms with Gasteiger partial charge in [0.05, 0.1) is 11.6 Å². The number of anilines is 1. The molecule has 154 valence electrons. The number of nitrogens with one attached hydrogen (secondary N) is 1. The lowest BCUT2D eigenvalue weighted by molar-refractivity contribution is -0.118. The molecule has 2 unspecified atom stereocenters. The Balaban J connectivity index is 1.59. The smallest absolute Gasteiger partial charge is 0.248 e. The van der Waals surface area contributed by atoms with Crippen LogP contribution in [-0.2, 0) is 11.2 Å². The number of alkyl halides is 2. The van der Waals surface area contributed by atoms with Crippen LogP contribution in [0.2, 0.25) is 5.02 Å². The van der Waals surface area contributed by atoms with Gasteiger partial charge in [0.25, 0.3) is 0 Å². The summed E-state index contributed by atoms with van der Waals surface area (Å²) in [5.41, 5.74) is 1.70. The summed E-state index contributed by atoms with van der Waals surface area (Å²) in [7, 11) is 0. The fraction of sp³-hybridized carbons (Fsp3) is 0.435. The molecular weight excluding hydrogens is 399 g/mol. The predicted molar refractivity (Wildman–Crippen MR) is 108 cm³/mol. The maximum absolute atomic E-state index is 14.3. The van der Waals surface area contributed by atoms with Crippen LogP contribution in [-0.4, -0.2) is 11.8 Å². The van der Waals surface area contributed by atoms with Crippen molar-refractivity contribution in [3.8, 4) is 0 Å². The zero-order valence-corrected chi connectivity index (χ0v) is 16.7. The molecule has 2 aromatic carbocycles. The molecule has 2 atom stereocenters. The van der Waals surface area contributed by atoms with E-state index in [1.807, 2.05) is 0 Å². The van der Waals surface area contributed by atoms with E-state index in [2.05, 4.69) is 5.32 Å². The summed E-state index contributed by atoms with van der Waals surface area (Å²) in [6.45, 7) is 0. The Morgan fingerprint density at radius 2 is 1.86 bits per heavy atom. The van der Waals surface area contributed by atoms with Crippen LogP contribution in [0.5, 0.6) is 0 Å². The molecule has 2 aliphatic rings.